The number of benzene rings is 3. The summed E-state index contributed by atoms with van der Waals surface area (Å²) in [5, 5.41) is 2.10. The van der Waals surface area contributed by atoms with Crippen LogP contribution < -0.4 is 24.2 Å². The first-order valence-electron chi connectivity index (χ1n) is 10.4. The highest BCUT2D eigenvalue weighted by molar-refractivity contribution is 7.89. The van der Waals surface area contributed by atoms with E-state index in [0.29, 0.717) is 17.9 Å². The minimum absolute atomic E-state index is 0.00930. The summed E-state index contributed by atoms with van der Waals surface area (Å²) >= 11 is 0. The third kappa shape index (κ3) is 6.90. The number of ether oxygens (including phenoxy) is 3. The van der Waals surface area contributed by atoms with E-state index in [4.69, 9.17) is 14.2 Å². The summed E-state index contributed by atoms with van der Waals surface area (Å²) in [7, 11) is -0.729. The fourth-order valence-corrected chi connectivity index (χ4v) is 4.14. The molecule has 3 aromatic carbocycles. The average Bonchev–Trinajstić information content (AvgIpc) is 2.85. The van der Waals surface area contributed by atoms with Gasteiger partial charge in [-0.05, 0) is 60.5 Å². The van der Waals surface area contributed by atoms with Gasteiger partial charge in [-0.25, -0.2) is 21.9 Å². The largest absolute Gasteiger partial charge is 0.493 e. The third-order valence-electron chi connectivity index (χ3n) is 4.88. The van der Waals surface area contributed by atoms with Crippen molar-refractivity contribution in [2.45, 2.75) is 11.3 Å². The second kappa shape index (κ2) is 11.6. The van der Waals surface area contributed by atoms with Crippen molar-refractivity contribution in [3.63, 3.8) is 0 Å². The van der Waals surface area contributed by atoms with Gasteiger partial charge in [-0.1, -0.05) is 12.1 Å². The molecule has 0 bridgehead atoms. The summed E-state index contributed by atoms with van der Waals surface area (Å²) in [6.45, 7) is -0.369. The number of carbonyl (C=O) groups is 1. The van der Waals surface area contributed by atoms with Crippen LogP contribution in [-0.2, 0) is 21.2 Å². The molecular weight excluding hydrogens is 482 g/mol. The number of carbonyl (C=O) groups excluding carboxylic acids is 1. The van der Waals surface area contributed by atoms with Crippen LogP contribution in [0.5, 0.6) is 17.2 Å². The maximum Gasteiger partial charge on any atom is 0.262 e. The van der Waals surface area contributed by atoms with Gasteiger partial charge in [-0.3, -0.25) is 4.79 Å². The van der Waals surface area contributed by atoms with E-state index in [2.05, 4.69) is 10.0 Å². The Hall–Kier alpha value is -3.70. The van der Waals surface area contributed by atoms with Crippen LogP contribution in [0.4, 0.5) is 14.5 Å². The lowest BCUT2D eigenvalue weighted by atomic mass is 10.1. The molecule has 0 saturated carbocycles. The Morgan fingerprint density at radius 1 is 0.914 bits per heavy atom. The summed E-state index contributed by atoms with van der Waals surface area (Å²) in [5.41, 5.74) is 0.296. The van der Waals surface area contributed by atoms with Gasteiger partial charge >= 0.3 is 0 Å². The van der Waals surface area contributed by atoms with Crippen LogP contribution in [-0.4, -0.2) is 41.7 Å². The lowest BCUT2D eigenvalue weighted by Crippen LogP contribution is -2.26. The Bertz CT molecular complexity index is 1260. The van der Waals surface area contributed by atoms with Gasteiger partial charge < -0.3 is 19.5 Å². The van der Waals surface area contributed by atoms with Crippen LogP contribution in [0.1, 0.15) is 5.56 Å². The number of sulfonamides is 1. The Morgan fingerprint density at radius 3 is 2.20 bits per heavy atom. The number of methoxy groups -OCH3 is 2. The van der Waals surface area contributed by atoms with Crippen molar-refractivity contribution < 1.29 is 36.2 Å². The molecule has 0 aliphatic heterocycles. The molecule has 11 heteroatoms. The maximum absolute atomic E-state index is 13.6. The predicted octanol–water partition coefficient (Wildman–Crippen LogP) is 3.52. The Balaban J connectivity index is 1.52. The first-order valence-corrected chi connectivity index (χ1v) is 11.9. The summed E-state index contributed by atoms with van der Waals surface area (Å²) in [5.74, 6) is -1.26. The van der Waals surface area contributed by atoms with Gasteiger partial charge in [-0.15, -0.1) is 0 Å². The van der Waals surface area contributed by atoms with Gasteiger partial charge in [0.1, 0.15) is 23.1 Å². The van der Waals surface area contributed by atoms with E-state index in [1.54, 1.807) is 12.1 Å². The van der Waals surface area contributed by atoms with Crippen molar-refractivity contribution in [1.29, 1.82) is 0 Å². The molecule has 2 N–H and O–H groups in total. The Kier molecular flexibility index (Phi) is 8.61. The first-order chi connectivity index (χ1) is 16.7. The summed E-state index contributed by atoms with van der Waals surface area (Å²) < 4.78 is 70.6. The SMILES string of the molecule is COc1ccc(CCNS(=O)(=O)c2ccc(OCC(=O)Nc3c(F)cccc3F)cc2)cc1OC. The van der Waals surface area contributed by atoms with Crippen molar-refractivity contribution in [2.75, 3.05) is 32.7 Å². The molecule has 8 nitrogen and oxygen atoms in total. The van der Waals surface area contributed by atoms with Gasteiger partial charge in [-0.2, -0.15) is 0 Å². The van der Waals surface area contributed by atoms with Crippen molar-refractivity contribution in [3.8, 4) is 17.2 Å². The lowest BCUT2D eigenvalue weighted by molar-refractivity contribution is -0.118. The second-order valence-electron chi connectivity index (χ2n) is 7.24. The van der Waals surface area contributed by atoms with E-state index in [1.807, 2.05) is 6.07 Å². The monoisotopic (exact) mass is 506 g/mol. The summed E-state index contributed by atoms with van der Waals surface area (Å²) in [6.07, 6.45) is 0.429. The molecule has 3 rings (SSSR count). The molecule has 1 amide bonds. The number of halogens is 2. The van der Waals surface area contributed by atoms with E-state index in [0.717, 1.165) is 17.7 Å². The molecule has 0 aromatic heterocycles. The second-order valence-corrected chi connectivity index (χ2v) is 9.01. The fraction of sp³-hybridized carbons (Fsp3) is 0.208. The van der Waals surface area contributed by atoms with E-state index >= 15 is 0 Å². The smallest absolute Gasteiger partial charge is 0.262 e. The molecule has 0 fully saturated rings. The minimum atomic E-state index is -3.78. The van der Waals surface area contributed by atoms with Gasteiger partial charge in [0.25, 0.3) is 5.91 Å². The van der Waals surface area contributed by atoms with Crippen molar-refractivity contribution in [3.05, 3.63) is 77.9 Å². The van der Waals surface area contributed by atoms with Crippen LogP contribution in [0.3, 0.4) is 0 Å². The molecule has 0 heterocycles. The third-order valence-corrected chi connectivity index (χ3v) is 6.36. The highest BCUT2D eigenvalue weighted by Crippen LogP contribution is 2.27. The standard InChI is InChI=1S/C24H24F2N2O6S/c1-32-21-11-6-16(14-22(21)33-2)12-13-27-35(30,31)18-9-7-17(8-10-18)34-15-23(29)28-24-19(25)4-3-5-20(24)26/h3-11,14,27H,12-13,15H2,1-2H3,(H,28,29). The Morgan fingerprint density at radius 2 is 1.57 bits per heavy atom. The summed E-state index contributed by atoms with van der Waals surface area (Å²) in [4.78, 5) is 11.9. The molecule has 0 aliphatic rings. The number of nitrogens with one attached hydrogen (secondary N) is 2. The molecule has 35 heavy (non-hydrogen) atoms. The molecule has 0 saturated heterocycles. The van der Waals surface area contributed by atoms with E-state index < -0.39 is 39.9 Å². The zero-order chi connectivity index (χ0) is 25.4. The summed E-state index contributed by atoms with van der Waals surface area (Å²) in [6, 6.07) is 13.9. The molecule has 0 spiro atoms. The van der Waals surface area contributed by atoms with Crippen molar-refractivity contribution in [1.82, 2.24) is 4.72 Å². The first kappa shape index (κ1) is 25.9. The van der Waals surface area contributed by atoms with Crippen LogP contribution in [0.25, 0.3) is 0 Å². The average molecular weight is 507 g/mol. The number of rotatable bonds is 11. The van der Waals surface area contributed by atoms with Crippen LogP contribution in [0.2, 0.25) is 0 Å². The molecule has 3 aromatic rings. The molecule has 0 unspecified atom stereocenters. The van der Waals surface area contributed by atoms with Crippen LogP contribution >= 0.6 is 0 Å². The van der Waals surface area contributed by atoms with Gasteiger partial charge in [0.2, 0.25) is 10.0 Å². The molecular formula is C24H24F2N2O6S. The highest BCUT2D eigenvalue weighted by Gasteiger charge is 2.15. The Labute approximate surface area is 201 Å². The number of anilines is 1. The number of hydrogen-bond donors (Lipinski definition) is 2. The quantitative estimate of drug-likeness (QED) is 0.413. The molecule has 0 radical (unpaired) electrons. The maximum atomic E-state index is 13.6. The van der Waals surface area contributed by atoms with E-state index in [1.165, 1.54) is 44.6 Å². The fourth-order valence-electron chi connectivity index (χ4n) is 3.11. The predicted molar refractivity (Wildman–Crippen MR) is 125 cm³/mol. The van der Waals surface area contributed by atoms with E-state index in [-0.39, 0.29) is 17.2 Å². The van der Waals surface area contributed by atoms with Crippen molar-refractivity contribution in [2.24, 2.45) is 0 Å². The normalized spacial score (nSPS) is 11.1. The van der Waals surface area contributed by atoms with E-state index in [9.17, 15) is 22.0 Å². The zero-order valence-electron chi connectivity index (χ0n) is 19.0. The van der Waals surface area contributed by atoms with Gasteiger partial charge in [0.15, 0.2) is 18.1 Å². The minimum Gasteiger partial charge on any atom is -0.493 e. The molecule has 186 valence electrons. The highest BCUT2D eigenvalue weighted by atomic mass is 32.2. The van der Waals surface area contributed by atoms with Gasteiger partial charge in [0.05, 0.1) is 19.1 Å². The zero-order valence-corrected chi connectivity index (χ0v) is 19.8. The molecule has 0 aliphatic carbocycles. The number of para-hydroxylation sites is 1. The topological polar surface area (TPSA) is 103 Å². The van der Waals surface area contributed by atoms with Crippen molar-refractivity contribution >= 4 is 21.6 Å². The number of amides is 1. The molecule has 0 atom stereocenters. The van der Waals surface area contributed by atoms with Crippen LogP contribution in [0, 0.1) is 11.6 Å². The van der Waals surface area contributed by atoms with Gasteiger partial charge in [0, 0.05) is 6.54 Å². The lowest BCUT2D eigenvalue weighted by Gasteiger charge is -2.11. The number of hydrogen-bond acceptors (Lipinski definition) is 6. The van der Waals surface area contributed by atoms with Crippen LogP contribution in [0.15, 0.2) is 65.6 Å².